The van der Waals surface area contributed by atoms with Crippen LogP contribution in [0.3, 0.4) is 0 Å². The quantitative estimate of drug-likeness (QED) is 0.925. The Balaban J connectivity index is 1.72. The van der Waals surface area contributed by atoms with Crippen molar-refractivity contribution in [3.63, 3.8) is 0 Å². The van der Waals surface area contributed by atoms with Gasteiger partial charge in [-0.2, -0.15) is 5.10 Å². The molecule has 1 atom stereocenters. The molecular weight excluding hydrogens is 270 g/mol. The molecule has 1 aromatic heterocycles. The van der Waals surface area contributed by atoms with Gasteiger partial charge in [0.2, 0.25) is 5.91 Å². The molecule has 3 rings (SSSR count). The van der Waals surface area contributed by atoms with Gasteiger partial charge in [-0.25, -0.2) is 0 Å². The lowest BCUT2D eigenvalue weighted by Crippen LogP contribution is -2.43. The highest BCUT2D eigenvalue weighted by Gasteiger charge is 2.28. The van der Waals surface area contributed by atoms with E-state index in [0.29, 0.717) is 19.5 Å². The molecule has 1 fully saturated rings. The van der Waals surface area contributed by atoms with E-state index in [4.69, 9.17) is 5.11 Å². The summed E-state index contributed by atoms with van der Waals surface area (Å²) >= 11 is 0. The number of para-hydroxylation sites is 1. The number of carbonyl (C=O) groups excluding carboxylic acids is 1. The van der Waals surface area contributed by atoms with Crippen molar-refractivity contribution in [3.8, 4) is 0 Å². The number of carboxylic acids is 1. The molecule has 6 heteroatoms. The van der Waals surface area contributed by atoms with Gasteiger partial charge in [-0.1, -0.05) is 18.2 Å². The van der Waals surface area contributed by atoms with Gasteiger partial charge in [0.05, 0.1) is 17.6 Å². The number of hydrogen-bond acceptors (Lipinski definition) is 3. The van der Waals surface area contributed by atoms with E-state index in [1.807, 2.05) is 24.3 Å². The zero-order valence-corrected chi connectivity index (χ0v) is 11.6. The van der Waals surface area contributed by atoms with Crippen molar-refractivity contribution in [2.75, 3.05) is 13.1 Å². The maximum Gasteiger partial charge on any atom is 0.308 e. The van der Waals surface area contributed by atoms with Crippen molar-refractivity contribution in [2.45, 2.75) is 19.4 Å². The van der Waals surface area contributed by atoms with Crippen LogP contribution in [-0.2, 0) is 16.1 Å². The average molecular weight is 287 g/mol. The van der Waals surface area contributed by atoms with E-state index >= 15 is 0 Å². The molecule has 2 heterocycles. The predicted molar refractivity (Wildman–Crippen MR) is 76.7 cm³/mol. The SMILES string of the molecule is O=C(O)C1CCCN(C(=O)Cn2ncc3ccccc32)C1. The Bertz CT molecular complexity index is 680. The number of carboxylic acid groups (broad SMARTS) is 1. The number of fused-ring (bicyclic) bond motifs is 1. The first-order valence-electron chi connectivity index (χ1n) is 7.06. The van der Waals surface area contributed by atoms with Crippen molar-refractivity contribution in [3.05, 3.63) is 30.5 Å². The van der Waals surface area contributed by atoms with Crippen molar-refractivity contribution >= 4 is 22.8 Å². The van der Waals surface area contributed by atoms with Crippen LogP contribution >= 0.6 is 0 Å². The van der Waals surface area contributed by atoms with Crippen LogP contribution in [0.25, 0.3) is 10.9 Å². The Morgan fingerprint density at radius 1 is 1.33 bits per heavy atom. The second-order valence-corrected chi connectivity index (χ2v) is 5.38. The van der Waals surface area contributed by atoms with Gasteiger partial charge in [0.25, 0.3) is 0 Å². The molecule has 1 amide bonds. The summed E-state index contributed by atoms with van der Waals surface area (Å²) in [5, 5.41) is 14.3. The molecule has 110 valence electrons. The summed E-state index contributed by atoms with van der Waals surface area (Å²) in [5.41, 5.74) is 0.914. The van der Waals surface area contributed by atoms with Crippen LogP contribution in [0.5, 0.6) is 0 Å². The molecule has 0 saturated carbocycles. The average Bonchev–Trinajstić information content (AvgIpc) is 2.91. The van der Waals surface area contributed by atoms with Gasteiger partial charge in [0, 0.05) is 18.5 Å². The molecule has 1 N–H and O–H groups in total. The van der Waals surface area contributed by atoms with Gasteiger partial charge in [-0.15, -0.1) is 0 Å². The Hall–Kier alpha value is -2.37. The maximum absolute atomic E-state index is 12.3. The number of piperidine rings is 1. The highest BCUT2D eigenvalue weighted by Crippen LogP contribution is 2.18. The summed E-state index contributed by atoms with van der Waals surface area (Å²) in [5.74, 6) is -1.34. The number of aromatic nitrogens is 2. The number of hydrogen-bond donors (Lipinski definition) is 1. The number of carbonyl (C=O) groups is 2. The molecule has 0 radical (unpaired) electrons. The summed E-state index contributed by atoms with van der Waals surface area (Å²) in [7, 11) is 0. The number of rotatable bonds is 3. The number of benzene rings is 1. The molecule has 6 nitrogen and oxygen atoms in total. The standard InChI is InChI=1S/C15H17N3O3/c19-14(17-7-3-5-12(9-17)15(20)21)10-18-13-6-2-1-4-11(13)8-16-18/h1-2,4,6,8,12H,3,5,7,9-10H2,(H,20,21). The first-order chi connectivity index (χ1) is 10.1. The van der Waals surface area contributed by atoms with Gasteiger partial charge in [-0.3, -0.25) is 14.3 Å². The highest BCUT2D eigenvalue weighted by molar-refractivity contribution is 5.82. The molecule has 1 unspecified atom stereocenters. The summed E-state index contributed by atoms with van der Waals surface area (Å²) in [6, 6.07) is 7.71. The lowest BCUT2D eigenvalue weighted by molar-refractivity contribution is -0.145. The fourth-order valence-electron chi connectivity index (χ4n) is 2.79. The second-order valence-electron chi connectivity index (χ2n) is 5.38. The zero-order chi connectivity index (χ0) is 14.8. The van der Waals surface area contributed by atoms with Crippen molar-refractivity contribution in [1.29, 1.82) is 0 Å². The van der Waals surface area contributed by atoms with E-state index in [-0.39, 0.29) is 12.5 Å². The van der Waals surface area contributed by atoms with Crippen molar-refractivity contribution in [1.82, 2.24) is 14.7 Å². The monoisotopic (exact) mass is 287 g/mol. The molecule has 0 spiro atoms. The van der Waals surface area contributed by atoms with Crippen LogP contribution in [0.1, 0.15) is 12.8 Å². The van der Waals surface area contributed by atoms with Crippen molar-refractivity contribution < 1.29 is 14.7 Å². The largest absolute Gasteiger partial charge is 0.481 e. The van der Waals surface area contributed by atoms with Crippen molar-refractivity contribution in [2.24, 2.45) is 5.92 Å². The zero-order valence-electron chi connectivity index (χ0n) is 11.6. The summed E-state index contributed by atoms with van der Waals surface area (Å²) in [4.78, 5) is 25.0. The minimum Gasteiger partial charge on any atom is -0.481 e. The van der Waals surface area contributed by atoms with Gasteiger partial charge in [0.1, 0.15) is 6.54 Å². The van der Waals surface area contributed by atoms with E-state index in [0.717, 1.165) is 17.3 Å². The summed E-state index contributed by atoms with van der Waals surface area (Å²) in [6.07, 6.45) is 3.12. The minimum atomic E-state index is -0.822. The first kappa shape index (κ1) is 13.6. The number of aliphatic carboxylic acids is 1. The number of likely N-dealkylation sites (tertiary alicyclic amines) is 1. The van der Waals surface area contributed by atoms with E-state index in [1.165, 1.54) is 0 Å². The molecule has 2 aromatic rings. The van der Waals surface area contributed by atoms with Gasteiger partial charge >= 0.3 is 5.97 Å². The van der Waals surface area contributed by atoms with Gasteiger partial charge in [0.15, 0.2) is 0 Å². The van der Waals surface area contributed by atoms with E-state index < -0.39 is 11.9 Å². The van der Waals surface area contributed by atoms with Crippen LogP contribution in [0.15, 0.2) is 30.5 Å². The molecule has 1 saturated heterocycles. The van der Waals surface area contributed by atoms with Crippen LogP contribution in [0, 0.1) is 5.92 Å². The fourth-order valence-corrected chi connectivity index (χ4v) is 2.79. The Morgan fingerprint density at radius 3 is 2.95 bits per heavy atom. The van der Waals surface area contributed by atoms with E-state index in [9.17, 15) is 9.59 Å². The summed E-state index contributed by atoms with van der Waals surface area (Å²) in [6.45, 7) is 1.08. The number of nitrogens with zero attached hydrogens (tertiary/aromatic N) is 3. The second kappa shape index (κ2) is 5.55. The van der Waals surface area contributed by atoms with Crippen LogP contribution < -0.4 is 0 Å². The lowest BCUT2D eigenvalue weighted by atomic mass is 9.98. The third-order valence-electron chi connectivity index (χ3n) is 3.96. The Labute approximate surface area is 122 Å². The maximum atomic E-state index is 12.3. The minimum absolute atomic E-state index is 0.0743. The van der Waals surface area contributed by atoms with E-state index in [2.05, 4.69) is 5.10 Å². The molecule has 1 aliphatic heterocycles. The van der Waals surface area contributed by atoms with Gasteiger partial charge < -0.3 is 10.0 Å². The lowest BCUT2D eigenvalue weighted by Gasteiger charge is -2.30. The number of amides is 1. The smallest absolute Gasteiger partial charge is 0.308 e. The third-order valence-corrected chi connectivity index (χ3v) is 3.96. The molecule has 21 heavy (non-hydrogen) atoms. The van der Waals surface area contributed by atoms with Gasteiger partial charge in [-0.05, 0) is 18.9 Å². The topological polar surface area (TPSA) is 75.4 Å². The molecule has 0 bridgehead atoms. The summed E-state index contributed by atoms with van der Waals surface area (Å²) < 4.78 is 1.67. The first-order valence-corrected chi connectivity index (χ1v) is 7.06. The normalized spacial score (nSPS) is 18.9. The molecule has 1 aliphatic rings. The molecule has 1 aromatic carbocycles. The predicted octanol–water partition coefficient (Wildman–Crippen LogP) is 1.36. The molecule has 0 aliphatic carbocycles. The highest BCUT2D eigenvalue weighted by atomic mass is 16.4. The Morgan fingerprint density at radius 2 is 2.14 bits per heavy atom. The molecular formula is C15H17N3O3. The van der Waals surface area contributed by atoms with Crippen LogP contribution in [-0.4, -0.2) is 44.8 Å². The Kier molecular flexibility index (Phi) is 3.60. The van der Waals surface area contributed by atoms with E-state index in [1.54, 1.807) is 15.8 Å². The fraction of sp³-hybridized carbons (Fsp3) is 0.400. The third kappa shape index (κ3) is 2.74. The van der Waals surface area contributed by atoms with Crippen LogP contribution in [0.4, 0.5) is 0 Å². The van der Waals surface area contributed by atoms with Crippen LogP contribution in [0.2, 0.25) is 0 Å².